The van der Waals surface area contributed by atoms with Crippen molar-refractivity contribution in [1.29, 1.82) is 0 Å². The fraction of sp³-hybridized carbons (Fsp3) is 0.923. The van der Waals surface area contributed by atoms with Gasteiger partial charge >= 0.3 is 0 Å². The molecule has 102 valence electrons. The summed E-state index contributed by atoms with van der Waals surface area (Å²) < 4.78 is 0. The molecule has 0 spiro atoms. The summed E-state index contributed by atoms with van der Waals surface area (Å²) in [5, 5.41) is 9.72. The number of hydrogen-bond acceptors (Lipinski definition) is 3. The summed E-state index contributed by atoms with van der Waals surface area (Å²) in [4.78, 5) is 13.7. The monoisotopic (exact) mass is 244 g/mol. The molecule has 0 saturated carbocycles. The van der Waals surface area contributed by atoms with Gasteiger partial charge in [-0.15, -0.1) is 0 Å². The van der Waals surface area contributed by atoms with Gasteiger partial charge in [-0.05, 0) is 46.1 Å². The molecule has 0 saturated heterocycles. The number of nitrogens with zero attached hydrogens (tertiary/aromatic N) is 1. The van der Waals surface area contributed by atoms with Crippen LogP contribution < -0.4 is 5.73 Å². The van der Waals surface area contributed by atoms with Gasteiger partial charge in [0.15, 0.2) is 0 Å². The minimum absolute atomic E-state index is 0.124. The molecule has 1 unspecified atom stereocenters. The molecule has 0 bridgehead atoms. The molecule has 0 aliphatic carbocycles. The number of amides is 1. The molecular weight excluding hydrogens is 216 g/mol. The molecule has 0 heterocycles. The number of nitrogens with two attached hydrogens (primary N) is 1. The predicted octanol–water partition coefficient (Wildman–Crippen LogP) is 1.37. The second-order valence-electron chi connectivity index (χ2n) is 5.44. The van der Waals surface area contributed by atoms with Crippen LogP contribution in [0.15, 0.2) is 0 Å². The fourth-order valence-electron chi connectivity index (χ4n) is 1.80. The van der Waals surface area contributed by atoms with Crippen LogP contribution in [-0.4, -0.2) is 41.1 Å². The van der Waals surface area contributed by atoms with Gasteiger partial charge in [-0.2, -0.15) is 0 Å². The number of carbonyl (C=O) groups excluding carboxylic acids is 1. The van der Waals surface area contributed by atoms with Crippen LogP contribution in [-0.2, 0) is 4.79 Å². The maximum Gasteiger partial charge on any atom is 0.222 e. The van der Waals surface area contributed by atoms with Gasteiger partial charge in [0.25, 0.3) is 0 Å². The Bertz CT molecular complexity index is 224. The highest BCUT2D eigenvalue weighted by atomic mass is 16.3. The summed E-state index contributed by atoms with van der Waals surface area (Å²) in [6, 6.07) is 0. The Morgan fingerprint density at radius 2 is 2.00 bits per heavy atom. The Labute approximate surface area is 105 Å². The van der Waals surface area contributed by atoms with E-state index in [1.807, 2.05) is 6.92 Å². The van der Waals surface area contributed by atoms with Crippen molar-refractivity contribution in [2.24, 2.45) is 11.7 Å². The summed E-state index contributed by atoms with van der Waals surface area (Å²) in [6.45, 7) is 9.22. The predicted molar refractivity (Wildman–Crippen MR) is 70.6 cm³/mol. The summed E-state index contributed by atoms with van der Waals surface area (Å²) >= 11 is 0. The number of carbonyl (C=O) groups is 1. The zero-order valence-electron chi connectivity index (χ0n) is 11.7. The van der Waals surface area contributed by atoms with Crippen molar-refractivity contribution in [1.82, 2.24) is 4.90 Å². The molecule has 0 radical (unpaired) electrons. The smallest absolute Gasteiger partial charge is 0.222 e. The number of hydrogen-bond donors (Lipinski definition) is 2. The minimum atomic E-state index is -0.825. The van der Waals surface area contributed by atoms with Gasteiger partial charge < -0.3 is 15.7 Å². The second-order valence-corrected chi connectivity index (χ2v) is 5.44. The van der Waals surface area contributed by atoms with E-state index in [0.717, 1.165) is 12.8 Å². The lowest BCUT2D eigenvalue weighted by Gasteiger charge is -2.28. The highest BCUT2D eigenvalue weighted by Gasteiger charge is 2.21. The van der Waals surface area contributed by atoms with Crippen LogP contribution in [0.25, 0.3) is 0 Å². The number of rotatable bonds is 8. The van der Waals surface area contributed by atoms with E-state index in [1.165, 1.54) is 0 Å². The van der Waals surface area contributed by atoms with Crippen molar-refractivity contribution in [3.63, 3.8) is 0 Å². The lowest BCUT2D eigenvalue weighted by Crippen LogP contribution is -2.42. The first-order chi connectivity index (χ1) is 7.80. The van der Waals surface area contributed by atoms with E-state index in [2.05, 4.69) is 6.92 Å². The molecule has 4 nitrogen and oxygen atoms in total. The molecule has 4 heteroatoms. The lowest BCUT2D eigenvalue weighted by molar-refractivity contribution is -0.134. The molecule has 0 aromatic heterocycles. The summed E-state index contributed by atoms with van der Waals surface area (Å²) in [7, 11) is 0. The van der Waals surface area contributed by atoms with Gasteiger partial charge in [-0.3, -0.25) is 4.79 Å². The second kappa shape index (κ2) is 7.67. The van der Waals surface area contributed by atoms with Crippen LogP contribution in [0.1, 0.15) is 47.0 Å². The molecule has 0 aliphatic heterocycles. The average molecular weight is 244 g/mol. The summed E-state index contributed by atoms with van der Waals surface area (Å²) in [5.74, 6) is 0.614. The van der Waals surface area contributed by atoms with E-state index >= 15 is 0 Å². The molecule has 0 aromatic carbocycles. The highest BCUT2D eigenvalue weighted by molar-refractivity contribution is 5.76. The van der Waals surface area contributed by atoms with E-state index in [1.54, 1.807) is 18.7 Å². The average Bonchev–Trinajstić information content (AvgIpc) is 2.21. The van der Waals surface area contributed by atoms with Crippen molar-refractivity contribution < 1.29 is 9.90 Å². The SMILES string of the molecule is CCN(CC(C)(C)O)C(=O)CCC(C)CCN. The van der Waals surface area contributed by atoms with Gasteiger partial charge in [0.05, 0.1) is 5.60 Å². The molecular formula is C13H28N2O2. The van der Waals surface area contributed by atoms with E-state index in [-0.39, 0.29) is 5.91 Å². The van der Waals surface area contributed by atoms with Crippen LogP contribution in [0.3, 0.4) is 0 Å². The van der Waals surface area contributed by atoms with Crippen LogP contribution in [0.2, 0.25) is 0 Å². The van der Waals surface area contributed by atoms with E-state index in [0.29, 0.717) is 32.0 Å². The number of likely N-dealkylation sites (N-methyl/N-ethyl adjacent to an activating group) is 1. The molecule has 3 N–H and O–H groups in total. The van der Waals surface area contributed by atoms with Crippen molar-refractivity contribution in [2.45, 2.75) is 52.6 Å². The first-order valence-corrected chi connectivity index (χ1v) is 6.50. The quantitative estimate of drug-likeness (QED) is 0.677. The van der Waals surface area contributed by atoms with Crippen LogP contribution in [0.4, 0.5) is 0 Å². The maximum atomic E-state index is 11.9. The lowest BCUT2D eigenvalue weighted by atomic mass is 10.0. The number of aliphatic hydroxyl groups is 1. The minimum Gasteiger partial charge on any atom is -0.389 e. The van der Waals surface area contributed by atoms with Gasteiger partial charge in [0.2, 0.25) is 5.91 Å². The van der Waals surface area contributed by atoms with Gasteiger partial charge in [-0.1, -0.05) is 6.92 Å². The normalized spacial score (nSPS) is 13.5. The third kappa shape index (κ3) is 8.16. The summed E-state index contributed by atoms with van der Waals surface area (Å²) in [6.07, 6.45) is 2.38. The van der Waals surface area contributed by atoms with Crippen LogP contribution in [0, 0.1) is 5.92 Å². The largest absolute Gasteiger partial charge is 0.389 e. The fourth-order valence-corrected chi connectivity index (χ4v) is 1.80. The molecule has 0 fully saturated rings. The Morgan fingerprint density at radius 1 is 1.41 bits per heavy atom. The van der Waals surface area contributed by atoms with Crippen molar-refractivity contribution in [3.05, 3.63) is 0 Å². The van der Waals surface area contributed by atoms with Crippen molar-refractivity contribution >= 4 is 5.91 Å². The van der Waals surface area contributed by atoms with Crippen molar-refractivity contribution in [2.75, 3.05) is 19.6 Å². The Hall–Kier alpha value is -0.610. The zero-order chi connectivity index (χ0) is 13.5. The molecule has 1 amide bonds. The van der Waals surface area contributed by atoms with E-state index in [4.69, 9.17) is 5.73 Å². The van der Waals surface area contributed by atoms with Crippen LogP contribution in [0.5, 0.6) is 0 Å². The third-order valence-electron chi connectivity index (χ3n) is 2.82. The molecule has 0 aromatic rings. The van der Waals surface area contributed by atoms with Crippen LogP contribution >= 0.6 is 0 Å². The molecule has 0 aliphatic rings. The Kier molecular flexibility index (Phi) is 7.39. The summed E-state index contributed by atoms with van der Waals surface area (Å²) in [5.41, 5.74) is 4.65. The first-order valence-electron chi connectivity index (χ1n) is 6.50. The first kappa shape index (κ1) is 16.4. The van der Waals surface area contributed by atoms with E-state index in [9.17, 15) is 9.90 Å². The van der Waals surface area contributed by atoms with Crippen molar-refractivity contribution in [3.8, 4) is 0 Å². The van der Waals surface area contributed by atoms with Gasteiger partial charge in [0.1, 0.15) is 0 Å². The molecule has 17 heavy (non-hydrogen) atoms. The Balaban J connectivity index is 4.09. The topological polar surface area (TPSA) is 66.6 Å². The Morgan fingerprint density at radius 3 is 2.41 bits per heavy atom. The van der Waals surface area contributed by atoms with Gasteiger partial charge in [-0.25, -0.2) is 0 Å². The third-order valence-corrected chi connectivity index (χ3v) is 2.82. The highest BCUT2D eigenvalue weighted by Crippen LogP contribution is 2.12. The standard InChI is InChI=1S/C13H28N2O2/c1-5-15(10-13(3,4)17)12(16)7-6-11(2)8-9-14/h11,17H,5-10,14H2,1-4H3. The maximum absolute atomic E-state index is 11.9. The molecule has 1 atom stereocenters. The van der Waals surface area contributed by atoms with Gasteiger partial charge in [0, 0.05) is 19.5 Å². The zero-order valence-corrected chi connectivity index (χ0v) is 11.7. The molecule has 0 rings (SSSR count). The van der Waals surface area contributed by atoms with E-state index < -0.39 is 5.60 Å².